The molecule has 0 aliphatic carbocycles. The highest BCUT2D eigenvalue weighted by atomic mass is 16.5. The maximum absolute atomic E-state index is 12.2. The Morgan fingerprint density at radius 1 is 1.12 bits per heavy atom. The number of esters is 1. The molecule has 0 radical (unpaired) electrons. The van der Waals surface area contributed by atoms with Gasteiger partial charge in [0.05, 0.1) is 13.2 Å². The molecule has 0 saturated carbocycles. The van der Waals surface area contributed by atoms with Crippen LogP contribution in [0.4, 0.5) is 0 Å². The van der Waals surface area contributed by atoms with Crippen LogP contribution in [0.1, 0.15) is 46.9 Å². The number of hydrogen-bond donors (Lipinski definition) is 1. The van der Waals surface area contributed by atoms with E-state index in [0.717, 1.165) is 17.5 Å². The summed E-state index contributed by atoms with van der Waals surface area (Å²) in [4.78, 5) is 24.3. The van der Waals surface area contributed by atoms with E-state index in [-0.39, 0.29) is 18.6 Å². The van der Waals surface area contributed by atoms with Crippen molar-refractivity contribution in [1.29, 1.82) is 0 Å². The van der Waals surface area contributed by atoms with Crippen LogP contribution in [0.5, 0.6) is 5.75 Å². The Bertz CT molecular complexity index is 768. The Morgan fingerprint density at radius 3 is 2.42 bits per heavy atom. The first-order chi connectivity index (χ1) is 12.4. The zero-order chi connectivity index (χ0) is 19.1. The lowest BCUT2D eigenvalue weighted by atomic mass is 10.1. The molecule has 1 amide bonds. The first-order valence-electron chi connectivity index (χ1n) is 8.64. The van der Waals surface area contributed by atoms with Crippen LogP contribution >= 0.6 is 0 Å². The number of aryl methyl sites for hydroxylation is 2. The fourth-order valence-corrected chi connectivity index (χ4v) is 2.60. The van der Waals surface area contributed by atoms with E-state index >= 15 is 0 Å². The van der Waals surface area contributed by atoms with Crippen molar-refractivity contribution in [3.05, 3.63) is 64.7 Å². The van der Waals surface area contributed by atoms with Gasteiger partial charge in [0.2, 0.25) is 0 Å². The van der Waals surface area contributed by atoms with Crippen LogP contribution in [0.25, 0.3) is 0 Å². The van der Waals surface area contributed by atoms with Crippen molar-refractivity contribution >= 4 is 11.9 Å². The van der Waals surface area contributed by atoms with E-state index in [4.69, 9.17) is 9.47 Å². The smallest absolute Gasteiger partial charge is 0.342 e. The highest BCUT2D eigenvalue weighted by Gasteiger charge is 2.16. The van der Waals surface area contributed by atoms with Gasteiger partial charge in [0.1, 0.15) is 11.3 Å². The minimum absolute atomic E-state index is 0.166. The third-order valence-electron chi connectivity index (χ3n) is 4.17. The Hall–Kier alpha value is -2.82. The number of carbonyl (C=O) groups excluding carboxylic acids is 2. The Balaban J connectivity index is 1.91. The van der Waals surface area contributed by atoms with Gasteiger partial charge < -0.3 is 14.8 Å². The number of carbonyl (C=O) groups is 2. The predicted molar refractivity (Wildman–Crippen MR) is 100 cm³/mol. The zero-order valence-electron chi connectivity index (χ0n) is 15.7. The molecule has 26 heavy (non-hydrogen) atoms. The molecule has 0 spiro atoms. The predicted octanol–water partition coefficient (Wildman–Crippen LogP) is 3.60. The summed E-state index contributed by atoms with van der Waals surface area (Å²) >= 11 is 0. The molecule has 0 fully saturated rings. The average molecular weight is 355 g/mol. The normalized spacial score (nSPS) is 11.5. The number of nitrogens with one attached hydrogen (secondary N) is 1. The fourth-order valence-electron chi connectivity index (χ4n) is 2.60. The van der Waals surface area contributed by atoms with E-state index in [9.17, 15) is 9.59 Å². The maximum Gasteiger partial charge on any atom is 0.342 e. The average Bonchev–Trinajstić information content (AvgIpc) is 2.66. The highest BCUT2D eigenvalue weighted by Crippen LogP contribution is 2.20. The SMILES string of the molecule is CCc1ccc([C@@H](C)NC(=O)COC(=O)c2cc(C)ccc2OC)cc1. The van der Waals surface area contributed by atoms with Gasteiger partial charge in [0, 0.05) is 0 Å². The number of methoxy groups -OCH3 is 1. The number of ether oxygens (including phenoxy) is 2. The number of rotatable bonds is 7. The van der Waals surface area contributed by atoms with Crippen LogP contribution in [-0.2, 0) is 16.0 Å². The summed E-state index contributed by atoms with van der Waals surface area (Å²) < 4.78 is 10.3. The van der Waals surface area contributed by atoms with Crippen LogP contribution < -0.4 is 10.1 Å². The van der Waals surface area contributed by atoms with Crippen molar-refractivity contribution in [3.63, 3.8) is 0 Å². The van der Waals surface area contributed by atoms with Crippen LogP contribution in [0.15, 0.2) is 42.5 Å². The third-order valence-corrected chi connectivity index (χ3v) is 4.17. The Labute approximate surface area is 154 Å². The van der Waals surface area contributed by atoms with Gasteiger partial charge in [-0.15, -0.1) is 0 Å². The molecule has 0 heterocycles. The Kier molecular flexibility index (Phi) is 6.78. The van der Waals surface area contributed by atoms with Gasteiger partial charge >= 0.3 is 5.97 Å². The van der Waals surface area contributed by atoms with Gasteiger partial charge in [0.15, 0.2) is 6.61 Å². The van der Waals surface area contributed by atoms with E-state index in [0.29, 0.717) is 11.3 Å². The largest absolute Gasteiger partial charge is 0.496 e. The molecule has 2 aromatic carbocycles. The second-order valence-corrected chi connectivity index (χ2v) is 6.16. The summed E-state index contributed by atoms with van der Waals surface area (Å²) in [6, 6.07) is 13.1. The van der Waals surface area contributed by atoms with Gasteiger partial charge in [-0.1, -0.05) is 42.8 Å². The lowest BCUT2D eigenvalue weighted by Gasteiger charge is -2.15. The Morgan fingerprint density at radius 2 is 1.81 bits per heavy atom. The van der Waals surface area contributed by atoms with Crippen LogP contribution in [-0.4, -0.2) is 25.6 Å². The minimum Gasteiger partial charge on any atom is -0.496 e. The van der Waals surface area contributed by atoms with Crippen molar-refractivity contribution in [3.8, 4) is 5.75 Å². The van der Waals surface area contributed by atoms with Crippen molar-refractivity contribution in [2.75, 3.05) is 13.7 Å². The van der Waals surface area contributed by atoms with E-state index in [2.05, 4.69) is 12.2 Å². The van der Waals surface area contributed by atoms with Crippen LogP contribution in [0, 0.1) is 6.92 Å². The molecular formula is C21H25NO4. The molecule has 0 aliphatic heterocycles. The van der Waals surface area contributed by atoms with Crippen molar-refractivity contribution < 1.29 is 19.1 Å². The topological polar surface area (TPSA) is 64.6 Å². The summed E-state index contributed by atoms with van der Waals surface area (Å²) in [5.74, 6) is -0.511. The lowest BCUT2D eigenvalue weighted by Crippen LogP contribution is -2.31. The van der Waals surface area contributed by atoms with Gasteiger partial charge in [-0.25, -0.2) is 4.79 Å². The maximum atomic E-state index is 12.2. The summed E-state index contributed by atoms with van der Waals surface area (Å²) in [6.07, 6.45) is 0.972. The van der Waals surface area contributed by atoms with Crippen LogP contribution in [0.3, 0.4) is 0 Å². The molecule has 0 bridgehead atoms. The molecular weight excluding hydrogens is 330 g/mol. The van der Waals surface area contributed by atoms with Gasteiger partial charge in [-0.2, -0.15) is 0 Å². The van der Waals surface area contributed by atoms with Gasteiger partial charge in [-0.05, 0) is 43.5 Å². The fraction of sp³-hybridized carbons (Fsp3) is 0.333. The van der Waals surface area contributed by atoms with Crippen molar-refractivity contribution in [2.45, 2.75) is 33.2 Å². The summed E-state index contributed by atoms with van der Waals surface area (Å²) in [7, 11) is 1.49. The molecule has 1 N–H and O–H groups in total. The second-order valence-electron chi connectivity index (χ2n) is 6.16. The number of hydrogen-bond acceptors (Lipinski definition) is 4. The minimum atomic E-state index is -0.583. The molecule has 5 nitrogen and oxygen atoms in total. The molecule has 1 atom stereocenters. The molecule has 0 aromatic heterocycles. The number of benzene rings is 2. The van der Waals surface area contributed by atoms with E-state index in [1.165, 1.54) is 12.7 Å². The zero-order valence-corrected chi connectivity index (χ0v) is 15.7. The molecule has 2 rings (SSSR count). The molecule has 0 saturated heterocycles. The lowest BCUT2D eigenvalue weighted by molar-refractivity contribution is -0.124. The molecule has 2 aromatic rings. The van der Waals surface area contributed by atoms with E-state index in [1.54, 1.807) is 12.1 Å². The summed E-state index contributed by atoms with van der Waals surface area (Å²) in [5, 5.41) is 2.83. The molecule has 0 aliphatic rings. The standard InChI is InChI=1S/C21H25NO4/c1-5-16-7-9-17(10-8-16)15(3)22-20(23)13-26-21(24)18-12-14(2)6-11-19(18)25-4/h6-12,15H,5,13H2,1-4H3,(H,22,23)/t15-/m1/s1. The number of amides is 1. The quantitative estimate of drug-likeness (QED) is 0.771. The summed E-state index contributed by atoms with van der Waals surface area (Å²) in [6.45, 7) is 5.52. The summed E-state index contributed by atoms with van der Waals surface area (Å²) in [5.41, 5.74) is 3.46. The highest BCUT2D eigenvalue weighted by molar-refractivity contribution is 5.94. The monoisotopic (exact) mass is 355 g/mol. The van der Waals surface area contributed by atoms with Crippen molar-refractivity contribution in [1.82, 2.24) is 5.32 Å². The van der Waals surface area contributed by atoms with Gasteiger partial charge in [0.25, 0.3) is 5.91 Å². The second kappa shape index (κ2) is 9.04. The molecule has 5 heteroatoms. The first kappa shape index (κ1) is 19.5. The molecule has 0 unspecified atom stereocenters. The van der Waals surface area contributed by atoms with E-state index < -0.39 is 5.97 Å². The van der Waals surface area contributed by atoms with Gasteiger partial charge in [-0.3, -0.25) is 4.79 Å². The van der Waals surface area contributed by atoms with E-state index in [1.807, 2.05) is 44.2 Å². The molecule has 138 valence electrons. The van der Waals surface area contributed by atoms with Crippen molar-refractivity contribution in [2.24, 2.45) is 0 Å². The third kappa shape index (κ3) is 5.09. The first-order valence-corrected chi connectivity index (χ1v) is 8.64. The van der Waals surface area contributed by atoms with Crippen LogP contribution in [0.2, 0.25) is 0 Å².